The van der Waals surface area contributed by atoms with Crippen LogP contribution >= 0.6 is 11.6 Å². The first-order chi connectivity index (χ1) is 10.3. The monoisotopic (exact) mass is 302 g/mol. The molecule has 0 radical (unpaired) electrons. The zero-order valence-electron chi connectivity index (χ0n) is 11.6. The number of hydrogen-bond acceptors (Lipinski definition) is 3. The Bertz CT molecular complexity index is 609. The second kappa shape index (κ2) is 8.08. The van der Waals surface area contributed by atoms with E-state index in [1.54, 1.807) is 7.11 Å². The molecule has 0 amide bonds. The van der Waals surface area contributed by atoms with E-state index in [4.69, 9.17) is 25.8 Å². The van der Waals surface area contributed by atoms with Gasteiger partial charge >= 0.3 is 0 Å². The summed E-state index contributed by atoms with van der Waals surface area (Å²) in [4.78, 5) is 0. The van der Waals surface area contributed by atoms with E-state index in [9.17, 15) is 0 Å². The minimum atomic E-state index is 0.273. The van der Waals surface area contributed by atoms with Crippen molar-refractivity contribution in [3.63, 3.8) is 0 Å². The molecule has 0 unspecified atom stereocenters. The van der Waals surface area contributed by atoms with Crippen molar-refractivity contribution in [2.45, 2.75) is 6.61 Å². The van der Waals surface area contributed by atoms with Crippen LogP contribution in [0.25, 0.3) is 0 Å². The second-order valence-electron chi connectivity index (χ2n) is 4.17. The van der Waals surface area contributed by atoms with Gasteiger partial charge in [0.05, 0.1) is 7.11 Å². The number of methoxy groups -OCH3 is 1. The van der Waals surface area contributed by atoms with Crippen LogP contribution in [0.5, 0.6) is 17.2 Å². The van der Waals surface area contributed by atoms with Gasteiger partial charge in [0.2, 0.25) is 0 Å². The molecule has 2 aromatic carbocycles. The first-order valence-electron chi connectivity index (χ1n) is 6.39. The molecule has 0 aliphatic rings. The van der Waals surface area contributed by atoms with E-state index in [1.165, 1.54) is 0 Å². The Morgan fingerprint density at radius 3 is 2.00 bits per heavy atom. The Hall–Kier alpha value is -2.31. The van der Waals surface area contributed by atoms with Crippen LogP contribution in [0.4, 0.5) is 0 Å². The molecular weight excluding hydrogens is 288 g/mol. The van der Waals surface area contributed by atoms with Gasteiger partial charge in [-0.25, -0.2) is 0 Å². The SMILES string of the molecule is COc1ccc(COc2ccc(OCC#CCl)cc2)cc1. The van der Waals surface area contributed by atoms with Gasteiger partial charge in [0.15, 0.2) is 0 Å². The minimum Gasteiger partial charge on any atom is -0.497 e. The Morgan fingerprint density at radius 1 is 0.857 bits per heavy atom. The molecule has 0 aliphatic heterocycles. The van der Waals surface area contributed by atoms with E-state index >= 15 is 0 Å². The normalized spacial score (nSPS) is 9.43. The van der Waals surface area contributed by atoms with Crippen molar-refractivity contribution >= 4 is 11.6 Å². The van der Waals surface area contributed by atoms with Gasteiger partial charge in [-0.2, -0.15) is 0 Å². The van der Waals surface area contributed by atoms with E-state index in [-0.39, 0.29) is 6.61 Å². The number of hydrogen-bond donors (Lipinski definition) is 0. The summed E-state index contributed by atoms with van der Waals surface area (Å²) in [7, 11) is 1.65. The van der Waals surface area contributed by atoms with Gasteiger partial charge in [-0.1, -0.05) is 12.1 Å². The van der Waals surface area contributed by atoms with E-state index in [0.29, 0.717) is 6.61 Å². The minimum absolute atomic E-state index is 0.273. The van der Waals surface area contributed by atoms with Crippen LogP contribution in [0.15, 0.2) is 48.5 Å². The number of ether oxygens (including phenoxy) is 3. The van der Waals surface area contributed by atoms with Gasteiger partial charge in [0, 0.05) is 5.38 Å². The van der Waals surface area contributed by atoms with Gasteiger partial charge < -0.3 is 14.2 Å². The summed E-state index contributed by atoms with van der Waals surface area (Å²) in [5, 5.41) is 2.26. The van der Waals surface area contributed by atoms with Gasteiger partial charge in [-0.15, -0.1) is 0 Å². The number of rotatable bonds is 6. The molecule has 0 aromatic heterocycles. The van der Waals surface area contributed by atoms with Gasteiger partial charge in [-0.05, 0) is 59.5 Å². The quantitative estimate of drug-likeness (QED) is 0.759. The van der Waals surface area contributed by atoms with Crippen LogP contribution < -0.4 is 14.2 Å². The highest BCUT2D eigenvalue weighted by molar-refractivity contribution is 6.30. The lowest BCUT2D eigenvalue weighted by atomic mass is 10.2. The van der Waals surface area contributed by atoms with Gasteiger partial charge in [0.25, 0.3) is 0 Å². The maximum absolute atomic E-state index is 5.70. The fraction of sp³-hybridized carbons (Fsp3) is 0.176. The maximum Gasteiger partial charge on any atom is 0.150 e. The zero-order chi connectivity index (χ0) is 14.9. The molecule has 4 heteroatoms. The maximum atomic E-state index is 5.70. The van der Waals surface area contributed by atoms with Crippen molar-refractivity contribution in [3.05, 3.63) is 54.1 Å². The second-order valence-corrected chi connectivity index (χ2v) is 4.36. The third-order valence-electron chi connectivity index (χ3n) is 2.77. The molecule has 3 nitrogen and oxygen atoms in total. The lowest BCUT2D eigenvalue weighted by Crippen LogP contribution is -1.96. The molecular formula is C17H15ClO3. The summed E-state index contributed by atoms with van der Waals surface area (Å²) < 4.78 is 16.2. The lowest BCUT2D eigenvalue weighted by molar-refractivity contribution is 0.304. The first-order valence-corrected chi connectivity index (χ1v) is 6.76. The van der Waals surface area contributed by atoms with Crippen molar-refractivity contribution < 1.29 is 14.2 Å². The third kappa shape index (κ3) is 4.94. The molecule has 0 saturated carbocycles. The largest absolute Gasteiger partial charge is 0.497 e. The Balaban J connectivity index is 1.85. The fourth-order valence-corrected chi connectivity index (χ4v) is 1.72. The van der Waals surface area contributed by atoms with Crippen LogP contribution in [0, 0.1) is 11.3 Å². The third-order valence-corrected chi connectivity index (χ3v) is 2.90. The summed E-state index contributed by atoms with van der Waals surface area (Å²) in [5.74, 6) is 4.96. The van der Waals surface area contributed by atoms with Crippen molar-refractivity contribution in [1.29, 1.82) is 0 Å². The van der Waals surface area contributed by atoms with E-state index < -0.39 is 0 Å². The van der Waals surface area contributed by atoms with Crippen LogP contribution in [-0.2, 0) is 6.61 Å². The van der Waals surface area contributed by atoms with Crippen LogP contribution in [0.2, 0.25) is 0 Å². The van der Waals surface area contributed by atoms with Crippen LogP contribution in [0.3, 0.4) is 0 Å². The molecule has 0 N–H and O–H groups in total. The lowest BCUT2D eigenvalue weighted by Gasteiger charge is -2.08. The highest BCUT2D eigenvalue weighted by Crippen LogP contribution is 2.19. The average Bonchev–Trinajstić information content (AvgIpc) is 2.55. The Labute approximate surface area is 129 Å². The summed E-state index contributed by atoms with van der Waals surface area (Å²) in [5.41, 5.74) is 1.08. The van der Waals surface area contributed by atoms with E-state index in [1.807, 2.05) is 48.5 Å². The predicted molar refractivity (Wildman–Crippen MR) is 82.9 cm³/mol. The van der Waals surface area contributed by atoms with Crippen LogP contribution in [-0.4, -0.2) is 13.7 Å². The van der Waals surface area contributed by atoms with Crippen molar-refractivity contribution in [3.8, 4) is 28.5 Å². The smallest absolute Gasteiger partial charge is 0.150 e. The summed E-state index contributed by atoms with van der Waals surface area (Å²) in [6.45, 7) is 0.775. The molecule has 2 aromatic rings. The summed E-state index contributed by atoms with van der Waals surface area (Å²) in [6, 6.07) is 15.1. The predicted octanol–water partition coefficient (Wildman–Crippen LogP) is 3.85. The van der Waals surface area contributed by atoms with Crippen LogP contribution in [0.1, 0.15) is 5.56 Å². The molecule has 108 valence electrons. The highest BCUT2D eigenvalue weighted by atomic mass is 35.5. The molecule has 0 heterocycles. The Kier molecular flexibility index (Phi) is 5.81. The molecule has 2 rings (SSSR count). The molecule has 0 fully saturated rings. The van der Waals surface area contributed by atoms with Gasteiger partial charge in [0.1, 0.15) is 30.5 Å². The topological polar surface area (TPSA) is 27.7 Å². The molecule has 0 saturated heterocycles. The summed E-state index contributed by atoms with van der Waals surface area (Å²) in [6.07, 6.45) is 0. The summed E-state index contributed by atoms with van der Waals surface area (Å²) >= 11 is 5.24. The highest BCUT2D eigenvalue weighted by Gasteiger charge is 1.98. The molecule has 0 atom stereocenters. The van der Waals surface area contributed by atoms with Gasteiger partial charge in [-0.3, -0.25) is 0 Å². The number of benzene rings is 2. The average molecular weight is 303 g/mol. The van der Waals surface area contributed by atoms with E-state index in [0.717, 1.165) is 22.8 Å². The molecule has 21 heavy (non-hydrogen) atoms. The number of halogens is 1. The standard InChI is InChI=1S/C17H15ClO3/c1-19-15-5-3-14(4-6-15)13-21-17-9-7-16(8-10-17)20-12-2-11-18/h3-10H,12-13H2,1H3. The molecule has 0 aliphatic carbocycles. The van der Waals surface area contributed by atoms with Crippen molar-refractivity contribution in [2.24, 2.45) is 0 Å². The molecule has 0 spiro atoms. The fourth-order valence-electron chi connectivity index (χ4n) is 1.67. The Morgan fingerprint density at radius 2 is 1.43 bits per heavy atom. The zero-order valence-corrected chi connectivity index (χ0v) is 12.4. The van der Waals surface area contributed by atoms with Crippen molar-refractivity contribution in [2.75, 3.05) is 13.7 Å². The first kappa shape index (κ1) is 15.1. The van der Waals surface area contributed by atoms with Crippen molar-refractivity contribution in [1.82, 2.24) is 0 Å². The molecule has 0 bridgehead atoms. The van der Waals surface area contributed by atoms with E-state index in [2.05, 4.69) is 11.3 Å².